The number of carbonyl (C=O) groups is 1. The van der Waals surface area contributed by atoms with Crippen molar-refractivity contribution < 1.29 is 4.79 Å². The molecule has 0 aliphatic carbocycles. The van der Waals surface area contributed by atoms with Crippen molar-refractivity contribution in [3.8, 4) is 11.1 Å². The number of amides is 2. The van der Waals surface area contributed by atoms with Gasteiger partial charge >= 0.3 is 6.03 Å². The van der Waals surface area contributed by atoms with E-state index < -0.39 is 0 Å². The van der Waals surface area contributed by atoms with E-state index in [4.69, 9.17) is 0 Å². The quantitative estimate of drug-likeness (QED) is 0.620. The summed E-state index contributed by atoms with van der Waals surface area (Å²) in [7, 11) is 0. The van der Waals surface area contributed by atoms with E-state index >= 15 is 0 Å². The van der Waals surface area contributed by atoms with Crippen LogP contribution in [0.5, 0.6) is 0 Å². The van der Waals surface area contributed by atoms with Crippen molar-refractivity contribution in [1.29, 1.82) is 0 Å². The van der Waals surface area contributed by atoms with Gasteiger partial charge in [0, 0.05) is 31.2 Å². The van der Waals surface area contributed by atoms with Gasteiger partial charge in [0.05, 0.1) is 5.52 Å². The number of carbonyl (C=O) groups excluding carboxylic acids is 1. The molecule has 1 fully saturated rings. The van der Waals surface area contributed by atoms with Crippen LogP contribution in [0.2, 0.25) is 0 Å². The fourth-order valence-electron chi connectivity index (χ4n) is 4.59. The molecule has 30 heavy (non-hydrogen) atoms. The van der Waals surface area contributed by atoms with Gasteiger partial charge in [-0.2, -0.15) is 0 Å². The molecule has 1 aromatic heterocycles. The molecule has 1 N–H and O–H groups in total. The maximum absolute atomic E-state index is 12.1. The van der Waals surface area contributed by atoms with Crippen LogP contribution in [0.3, 0.4) is 0 Å². The SMILES string of the molecule is CCNC(=O)N1CCC(C)(Cc2ccc(-c3ccc4cccnc4c3C)cc2)CC1. The number of urea groups is 1. The fourth-order valence-corrected chi connectivity index (χ4v) is 4.59. The Morgan fingerprint density at radius 1 is 1.10 bits per heavy atom. The second-order valence-electron chi connectivity index (χ2n) is 8.82. The van der Waals surface area contributed by atoms with Gasteiger partial charge in [0.1, 0.15) is 0 Å². The Labute approximate surface area is 179 Å². The predicted octanol–water partition coefficient (Wildman–Crippen LogP) is 5.58. The van der Waals surface area contributed by atoms with Gasteiger partial charge in [0.15, 0.2) is 0 Å². The number of nitrogens with one attached hydrogen (secondary N) is 1. The largest absolute Gasteiger partial charge is 0.338 e. The molecule has 0 radical (unpaired) electrons. The summed E-state index contributed by atoms with van der Waals surface area (Å²) in [6, 6.07) is 17.5. The van der Waals surface area contributed by atoms with E-state index in [1.165, 1.54) is 27.6 Å². The van der Waals surface area contributed by atoms with Crippen LogP contribution in [0.15, 0.2) is 54.7 Å². The third-order valence-electron chi connectivity index (χ3n) is 6.51. The highest BCUT2D eigenvalue weighted by Crippen LogP contribution is 2.35. The van der Waals surface area contributed by atoms with Crippen molar-refractivity contribution in [3.63, 3.8) is 0 Å². The van der Waals surface area contributed by atoms with E-state index in [1.807, 2.05) is 24.1 Å². The number of nitrogens with zero attached hydrogens (tertiary/aromatic N) is 2. The molecule has 1 aliphatic rings. The summed E-state index contributed by atoms with van der Waals surface area (Å²) < 4.78 is 0. The highest BCUT2D eigenvalue weighted by Gasteiger charge is 2.31. The second-order valence-corrected chi connectivity index (χ2v) is 8.82. The molecule has 2 heterocycles. The molecular formula is C26H31N3O. The molecule has 156 valence electrons. The molecule has 1 saturated heterocycles. The van der Waals surface area contributed by atoms with Gasteiger partial charge in [-0.25, -0.2) is 4.79 Å². The molecule has 0 atom stereocenters. The lowest BCUT2D eigenvalue weighted by molar-refractivity contribution is 0.129. The van der Waals surface area contributed by atoms with Gasteiger partial charge in [0.25, 0.3) is 0 Å². The molecule has 2 amide bonds. The third-order valence-corrected chi connectivity index (χ3v) is 6.51. The lowest BCUT2D eigenvalue weighted by atomic mass is 9.75. The molecule has 4 rings (SSSR count). The highest BCUT2D eigenvalue weighted by atomic mass is 16.2. The summed E-state index contributed by atoms with van der Waals surface area (Å²) in [5, 5.41) is 4.09. The van der Waals surface area contributed by atoms with E-state index in [0.717, 1.165) is 37.9 Å². The standard InChI is InChI=1S/C26H31N3O/c1-4-27-25(30)29-16-13-26(3,14-17-29)18-20-7-9-21(10-8-20)23-12-11-22-6-5-15-28-24(22)19(23)2/h5-12,15H,4,13-14,16-18H2,1-3H3,(H,27,30). The summed E-state index contributed by atoms with van der Waals surface area (Å²) >= 11 is 0. The Hall–Kier alpha value is -2.88. The first-order valence-corrected chi connectivity index (χ1v) is 11.0. The zero-order valence-corrected chi connectivity index (χ0v) is 18.2. The molecule has 2 aromatic carbocycles. The number of rotatable bonds is 4. The van der Waals surface area contributed by atoms with Gasteiger partial charge < -0.3 is 10.2 Å². The van der Waals surface area contributed by atoms with Gasteiger partial charge in [-0.3, -0.25) is 4.98 Å². The lowest BCUT2D eigenvalue weighted by Gasteiger charge is -2.39. The molecular weight excluding hydrogens is 370 g/mol. The van der Waals surface area contributed by atoms with Crippen LogP contribution in [0.4, 0.5) is 4.79 Å². The van der Waals surface area contributed by atoms with E-state index in [0.29, 0.717) is 6.54 Å². The highest BCUT2D eigenvalue weighted by molar-refractivity contribution is 5.88. The van der Waals surface area contributed by atoms with Crippen molar-refractivity contribution in [1.82, 2.24) is 15.2 Å². The predicted molar refractivity (Wildman–Crippen MR) is 124 cm³/mol. The lowest BCUT2D eigenvalue weighted by Crippen LogP contribution is -2.47. The number of piperidine rings is 1. The molecule has 0 spiro atoms. The summed E-state index contributed by atoms with van der Waals surface area (Å²) in [4.78, 5) is 18.6. The van der Waals surface area contributed by atoms with Crippen molar-refractivity contribution >= 4 is 16.9 Å². The number of benzene rings is 2. The Morgan fingerprint density at radius 2 is 1.83 bits per heavy atom. The van der Waals surface area contributed by atoms with Crippen LogP contribution in [0, 0.1) is 12.3 Å². The molecule has 3 aromatic rings. The Kier molecular flexibility index (Phi) is 5.76. The number of likely N-dealkylation sites (tertiary alicyclic amines) is 1. The normalized spacial score (nSPS) is 15.9. The number of aryl methyl sites for hydroxylation is 1. The molecule has 0 bridgehead atoms. The topological polar surface area (TPSA) is 45.2 Å². The summed E-state index contributed by atoms with van der Waals surface area (Å²) in [6.45, 7) is 8.84. The fraction of sp³-hybridized carbons (Fsp3) is 0.385. The number of fused-ring (bicyclic) bond motifs is 1. The van der Waals surface area contributed by atoms with Gasteiger partial charge in [-0.05, 0) is 66.8 Å². The van der Waals surface area contributed by atoms with E-state index in [-0.39, 0.29) is 11.4 Å². The first kappa shape index (κ1) is 20.4. The monoisotopic (exact) mass is 401 g/mol. The number of hydrogen-bond acceptors (Lipinski definition) is 2. The number of pyridine rings is 1. The van der Waals surface area contributed by atoms with E-state index in [9.17, 15) is 4.79 Å². The van der Waals surface area contributed by atoms with Crippen LogP contribution in [-0.4, -0.2) is 35.5 Å². The van der Waals surface area contributed by atoms with Gasteiger partial charge in [-0.15, -0.1) is 0 Å². The smallest absolute Gasteiger partial charge is 0.317 e. The van der Waals surface area contributed by atoms with E-state index in [2.05, 4.69) is 66.6 Å². The first-order chi connectivity index (χ1) is 14.5. The van der Waals surface area contributed by atoms with Crippen LogP contribution < -0.4 is 5.32 Å². The maximum Gasteiger partial charge on any atom is 0.317 e. The first-order valence-electron chi connectivity index (χ1n) is 11.0. The molecule has 4 nitrogen and oxygen atoms in total. The summed E-state index contributed by atoms with van der Waals surface area (Å²) in [5.74, 6) is 0. The molecule has 0 unspecified atom stereocenters. The minimum Gasteiger partial charge on any atom is -0.338 e. The Bertz CT molecular complexity index is 1030. The molecule has 0 saturated carbocycles. The van der Waals surface area contributed by atoms with Gasteiger partial charge in [-0.1, -0.05) is 49.4 Å². The minimum atomic E-state index is 0.0733. The molecule has 1 aliphatic heterocycles. The summed E-state index contributed by atoms with van der Waals surface area (Å²) in [6.07, 6.45) is 5.00. The zero-order chi connectivity index (χ0) is 21.1. The zero-order valence-electron chi connectivity index (χ0n) is 18.2. The molecule has 4 heteroatoms. The maximum atomic E-state index is 12.1. The number of aromatic nitrogens is 1. The van der Waals surface area contributed by atoms with Crippen molar-refractivity contribution in [3.05, 3.63) is 65.9 Å². The Balaban J connectivity index is 1.46. The minimum absolute atomic E-state index is 0.0733. The van der Waals surface area contributed by atoms with Crippen LogP contribution in [-0.2, 0) is 6.42 Å². The number of hydrogen-bond donors (Lipinski definition) is 1. The van der Waals surface area contributed by atoms with Crippen LogP contribution in [0.25, 0.3) is 22.0 Å². The van der Waals surface area contributed by atoms with Crippen molar-refractivity contribution in [2.75, 3.05) is 19.6 Å². The average Bonchev–Trinajstić information content (AvgIpc) is 2.75. The third kappa shape index (κ3) is 4.18. The van der Waals surface area contributed by atoms with E-state index in [1.54, 1.807) is 0 Å². The average molecular weight is 402 g/mol. The van der Waals surface area contributed by atoms with Crippen LogP contribution in [0.1, 0.15) is 37.8 Å². The van der Waals surface area contributed by atoms with Gasteiger partial charge in [0.2, 0.25) is 0 Å². The second kappa shape index (κ2) is 8.47. The summed E-state index contributed by atoms with van der Waals surface area (Å²) in [5.41, 5.74) is 6.39. The Morgan fingerprint density at radius 3 is 2.53 bits per heavy atom. The van der Waals surface area contributed by atoms with Crippen LogP contribution >= 0.6 is 0 Å². The van der Waals surface area contributed by atoms with Crippen molar-refractivity contribution in [2.24, 2.45) is 5.41 Å². The van der Waals surface area contributed by atoms with Crippen molar-refractivity contribution in [2.45, 2.75) is 40.0 Å².